The van der Waals surface area contributed by atoms with Crippen molar-refractivity contribution in [2.24, 2.45) is 0 Å². The minimum Gasteiger partial charge on any atom is -0.480 e. The van der Waals surface area contributed by atoms with E-state index in [0.29, 0.717) is 13.0 Å². The van der Waals surface area contributed by atoms with E-state index in [0.717, 1.165) is 0 Å². The van der Waals surface area contributed by atoms with E-state index in [4.69, 9.17) is 9.84 Å². The number of amides is 1. The summed E-state index contributed by atoms with van der Waals surface area (Å²) in [5.41, 5.74) is 0. The lowest BCUT2D eigenvalue weighted by Crippen LogP contribution is -2.42. The highest BCUT2D eigenvalue weighted by Gasteiger charge is 2.18. The molecular formula is C10H18FNO4. The van der Waals surface area contributed by atoms with Gasteiger partial charge in [0.1, 0.15) is 6.67 Å². The van der Waals surface area contributed by atoms with Gasteiger partial charge < -0.3 is 15.2 Å². The maximum atomic E-state index is 12.1. The number of rotatable bonds is 8. The van der Waals surface area contributed by atoms with Crippen LogP contribution in [-0.4, -0.2) is 42.4 Å². The summed E-state index contributed by atoms with van der Waals surface area (Å²) < 4.78 is 17.3. The summed E-state index contributed by atoms with van der Waals surface area (Å²) in [4.78, 5) is 21.6. The minimum atomic E-state index is -1.45. The van der Waals surface area contributed by atoms with E-state index in [9.17, 15) is 14.0 Å². The topological polar surface area (TPSA) is 75.6 Å². The van der Waals surface area contributed by atoms with Gasteiger partial charge in [-0.3, -0.25) is 4.79 Å². The van der Waals surface area contributed by atoms with Gasteiger partial charge in [0.25, 0.3) is 0 Å². The van der Waals surface area contributed by atoms with Crippen LogP contribution in [-0.2, 0) is 14.3 Å². The van der Waals surface area contributed by atoms with Crippen LogP contribution in [0, 0.1) is 0 Å². The molecule has 1 unspecified atom stereocenters. The van der Waals surface area contributed by atoms with Gasteiger partial charge >= 0.3 is 5.97 Å². The van der Waals surface area contributed by atoms with E-state index in [1.165, 1.54) is 0 Å². The van der Waals surface area contributed by atoms with E-state index in [1.807, 2.05) is 13.8 Å². The molecular weight excluding hydrogens is 217 g/mol. The molecule has 0 aromatic carbocycles. The summed E-state index contributed by atoms with van der Waals surface area (Å²) in [6.07, 6.45) is 0.722. The molecule has 2 N–H and O–H groups in total. The van der Waals surface area contributed by atoms with Gasteiger partial charge in [0.05, 0.1) is 6.10 Å². The molecule has 0 aromatic heterocycles. The normalized spacial score (nSPS) is 12.5. The highest BCUT2D eigenvalue weighted by Crippen LogP contribution is 1.96. The predicted molar refractivity (Wildman–Crippen MR) is 55.9 cm³/mol. The van der Waals surface area contributed by atoms with E-state index in [-0.39, 0.29) is 12.5 Å². The zero-order valence-corrected chi connectivity index (χ0v) is 9.53. The van der Waals surface area contributed by atoms with Crippen LogP contribution in [0.25, 0.3) is 0 Å². The number of carbonyl (C=O) groups is 2. The Bertz CT molecular complexity index is 233. The monoisotopic (exact) mass is 235 g/mol. The number of ether oxygens (including phenoxy) is 1. The van der Waals surface area contributed by atoms with Gasteiger partial charge in [0.15, 0.2) is 6.04 Å². The molecule has 1 atom stereocenters. The fraction of sp³-hybridized carbons (Fsp3) is 0.800. The highest BCUT2D eigenvalue weighted by molar-refractivity contribution is 5.83. The number of nitrogens with one attached hydrogen (secondary N) is 1. The average Bonchev–Trinajstić information content (AvgIpc) is 2.20. The first kappa shape index (κ1) is 14.8. The van der Waals surface area contributed by atoms with Crippen molar-refractivity contribution in [3.8, 4) is 0 Å². The van der Waals surface area contributed by atoms with Crippen molar-refractivity contribution in [2.75, 3.05) is 13.3 Å². The molecule has 0 heterocycles. The molecule has 0 aliphatic rings. The van der Waals surface area contributed by atoms with Gasteiger partial charge in [-0.2, -0.15) is 0 Å². The van der Waals surface area contributed by atoms with Gasteiger partial charge in [-0.15, -0.1) is 0 Å². The molecule has 5 nitrogen and oxygen atoms in total. The minimum absolute atomic E-state index is 0.0978. The average molecular weight is 235 g/mol. The van der Waals surface area contributed by atoms with Crippen molar-refractivity contribution in [1.82, 2.24) is 5.32 Å². The van der Waals surface area contributed by atoms with Crippen LogP contribution in [0.4, 0.5) is 4.39 Å². The van der Waals surface area contributed by atoms with Gasteiger partial charge in [-0.1, -0.05) is 0 Å². The molecule has 1 amide bonds. The quantitative estimate of drug-likeness (QED) is 0.608. The standard InChI is InChI=1S/C10H18FNO4/c1-7(2)16-5-3-4-9(13)12-8(6-11)10(14)15/h7-8H,3-6H2,1-2H3,(H,12,13)(H,14,15). The molecule has 16 heavy (non-hydrogen) atoms. The molecule has 0 spiro atoms. The number of hydrogen-bond donors (Lipinski definition) is 2. The van der Waals surface area contributed by atoms with Crippen molar-refractivity contribution >= 4 is 11.9 Å². The summed E-state index contributed by atoms with van der Waals surface area (Å²) in [5, 5.41) is 10.6. The SMILES string of the molecule is CC(C)OCCCC(=O)NC(CF)C(=O)O. The van der Waals surface area contributed by atoms with Crippen molar-refractivity contribution in [3.63, 3.8) is 0 Å². The highest BCUT2D eigenvalue weighted by atomic mass is 19.1. The number of carboxylic acid groups (broad SMARTS) is 1. The molecule has 6 heteroatoms. The molecule has 0 aliphatic carbocycles. The Morgan fingerprint density at radius 3 is 2.50 bits per heavy atom. The number of carbonyl (C=O) groups excluding carboxylic acids is 1. The zero-order chi connectivity index (χ0) is 12.6. The van der Waals surface area contributed by atoms with E-state index < -0.39 is 24.6 Å². The Labute approximate surface area is 94.0 Å². The van der Waals surface area contributed by atoms with Crippen molar-refractivity contribution in [2.45, 2.75) is 38.8 Å². The third-order valence-electron chi connectivity index (χ3n) is 1.79. The van der Waals surface area contributed by atoms with Crippen LogP contribution >= 0.6 is 0 Å². The first-order valence-electron chi connectivity index (χ1n) is 5.17. The summed E-state index contributed by atoms with van der Waals surface area (Å²) in [6.45, 7) is 3.08. The number of alkyl halides is 1. The van der Waals surface area contributed by atoms with Crippen LogP contribution in [0.2, 0.25) is 0 Å². The van der Waals surface area contributed by atoms with Crippen LogP contribution in [0.3, 0.4) is 0 Å². The Morgan fingerprint density at radius 2 is 2.06 bits per heavy atom. The lowest BCUT2D eigenvalue weighted by atomic mass is 10.2. The van der Waals surface area contributed by atoms with E-state index in [1.54, 1.807) is 0 Å². The lowest BCUT2D eigenvalue weighted by molar-refractivity contribution is -0.142. The van der Waals surface area contributed by atoms with Crippen molar-refractivity contribution < 1.29 is 23.8 Å². The second kappa shape index (κ2) is 8.04. The zero-order valence-electron chi connectivity index (χ0n) is 9.53. The van der Waals surface area contributed by atoms with Gasteiger partial charge in [-0.05, 0) is 20.3 Å². The van der Waals surface area contributed by atoms with E-state index in [2.05, 4.69) is 5.32 Å². The fourth-order valence-electron chi connectivity index (χ4n) is 0.985. The number of aliphatic carboxylic acids is 1. The first-order valence-corrected chi connectivity index (χ1v) is 5.17. The molecule has 0 aliphatic heterocycles. The van der Waals surface area contributed by atoms with Crippen LogP contribution in [0.1, 0.15) is 26.7 Å². The molecule has 0 fully saturated rings. The fourth-order valence-corrected chi connectivity index (χ4v) is 0.985. The molecule has 0 radical (unpaired) electrons. The van der Waals surface area contributed by atoms with Gasteiger partial charge in [0.2, 0.25) is 5.91 Å². The van der Waals surface area contributed by atoms with Crippen molar-refractivity contribution in [1.29, 1.82) is 0 Å². The number of carboxylic acids is 1. The smallest absolute Gasteiger partial charge is 0.328 e. The summed E-state index contributed by atoms with van der Waals surface area (Å²) >= 11 is 0. The Balaban J connectivity index is 3.69. The second-order valence-electron chi connectivity index (χ2n) is 3.64. The number of halogens is 1. The molecule has 94 valence electrons. The number of hydrogen-bond acceptors (Lipinski definition) is 3. The molecule has 0 saturated heterocycles. The van der Waals surface area contributed by atoms with Crippen LogP contribution in [0.5, 0.6) is 0 Å². The van der Waals surface area contributed by atoms with Crippen LogP contribution < -0.4 is 5.32 Å². The summed E-state index contributed by atoms with van der Waals surface area (Å²) in [7, 11) is 0. The maximum absolute atomic E-state index is 12.1. The van der Waals surface area contributed by atoms with E-state index >= 15 is 0 Å². The van der Waals surface area contributed by atoms with Gasteiger partial charge in [-0.25, -0.2) is 9.18 Å². The Hall–Kier alpha value is -1.17. The first-order chi connectivity index (χ1) is 7.47. The Kier molecular flexibility index (Phi) is 7.45. The maximum Gasteiger partial charge on any atom is 0.328 e. The largest absolute Gasteiger partial charge is 0.480 e. The lowest BCUT2D eigenvalue weighted by Gasteiger charge is -2.11. The summed E-state index contributed by atoms with van der Waals surface area (Å²) in [5.74, 6) is -1.84. The second-order valence-corrected chi connectivity index (χ2v) is 3.64. The third-order valence-corrected chi connectivity index (χ3v) is 1.79. The molecule has 0 bridgehead atoms. The van der Waals surface area contributed by atoms with Crippen molar-refractivity contribution in [3.05, 3.63) is 0 Å². The predicted octanol–water partition coefficient (Wildman–Crippen LogP) is 0.730. The summed E-state index contributed by atoms with van der Waals surface area (Å²) in [6, 6.07) is -1.45. The molecule has 0 rings (SSSR count). The third kappa shape index (κ3) is 7.17. The Morgan fingerprint density at radius 1 is 1.44 bits per heavy atom. The van der Waals surface area contributed by atoms with Crippen LogP contribution in [0.15, 0.2) is 0 Å². The van der Waals surface area contributed by atoms with Gasteiger partial charge in [0, 0.05) is 13.0 Å². The molecule has 0 aromatic rings. The molecule has 0 saturated carbocycles.